The van der Waals surface area contributed by atoms with Gasteiger partial charge in [-0.15, -0.1) is 0 Å². The molecule has 0 fully saturated rings. The first-order valence-corrected chi connectivity index (χ1v) is 10.1. The van der Waals surface area contributed by atoms with Crippen LogP contribution in [0.2, 0.25) is 0 Å². The Bertz CT molecular complexity index is 1310. The lowest BCUT2D eigenvalue weighted by atomic mass is 10.1. The van der Waals surface area contributed by atoms with E-state index in [-0.39, 0.29) is 5.56 Å². The Labute approximate surface area is 181 Å². The molecule has 31 heavy (non-hydrogen) atoms. The molecule has 6 heteroatoms. The molecule has 156 valence electrons. The van der Waals surface area contributed by atoms with Crippen LogP contribution in [0.25, 0.3) is 16.9 Å². The normalized spacial score (nSPS) is 10.8. The molecule has 2 aromatic heterocycles. The van der Waals surface area contributed by atoms with Crippen molar-refractivity contribution < 1.29 is 4.74 Å². The van der Waals surface area contributed by atoms with Gasteiger partial charge < -0.3 is 4.74 Å². The van der Waals surface area contributed by atoms with Crippen molar-refractivity contribution in [1.29, 1.82) is 0 Å². The van der Waals surface area contributed by atoms with Crippen LogP contribution in [0.15, 0.2) is 65.8 Å². The van der Waals surface area contributed by atoms with Gasteiger partial charge in [0.1, 0.15) is 18.8 Å². The van der Waals surface area contributed by atoms with Crippen LogP contribution in [0.1, 0.15) is 28.1 Å². The van der Waals surface area contributed by atoms with E-state index < -0.39 is 0 Å². The Kier molecular flexibility index (Phi) is 5.62. The van der Waals surface area contributed by atoms with Crippen molar-refractivity contribution >= 4 is 0 Å². The number of hydrogen-bond acceptors (Lipinski definition) is 5. The van der Waals surface area contributed by atoms with E-state index in [1.165, 1.54) is 6.33 Å². The maximum atomic E-state index is 13.2. The maximum absolute atomic E-state index is 13.2. The fraction of sp³-hybridized carbons (Fsp3) is 0.200. The van der Waals surface area contributed by atoms with Gasteiger partial charge in [0.25, 0.3) is 5.56 Å². The first-order chi connectivity index (χ1) is 14.9. The molecule has 4 rings (SSSR count). The second kappa shape index (κ2) is 8.52. The highest BCUT2D eigenvalue weighted by molar-refractivity contribution is 5.65. The van der Waals surface area contributed by atoms with E-state index in [0.717, 1.165) is 33.6 Å². The molecule has 0 aliphatic rings. The Hall–Kier alpha value is -3.80. The summed E-state index contributed by atoms with van der Waals surface area (Å²) in [6.07, 6.45) is 3.30. The van der Waals surface area contributed by atoms with Gasteiger partial charge in [-0.25, -0.2) is 9.97 Å². The second-order valence-electron chi connectivity index (χ2n) is 7.61. The van der Waals surface area contributed by atoms with Gasteiger partial charge in [-0.2, -0.15) is 4.98 Å². The minimum Gasteiger partial charge on any atom is -0.472 e. The van der Waals surface area contributed by atoms with Crippen LogP contribution in [-0.2, 0) is 6.61 Å². The molecule has 6 nitrogen and oxygen atoms in total. The van der Waals surface area contributed by atoms with Crippen LogP contribution in [0, 0.1) is 27.7 Å². The summed E-state index contributed by atoms with van der Waals surface area (Å²) < 4.78 is 7.50. The van der Waals surface area contributed by atoms with Crippen molar-refractivity contribution in [3.63, 3.8) is 0 Å². The van der Waals surface area contributed by atoms with Gasteiger partial charge in [0.05, 0.1) is 16.9 Å². The van der Waals surface area contributed by atoms with Crippen LogP contribution in [0.5, 0.6) is 5.88 Å². The highest BCUT2D eigenvalue weighted by Gasteiger charge is 2.15. The lowest BCUT2D eigenvalue weighted by molar-refractivity contribution is 0.289. The summed E-state index contributed by atoms with van der Waals surface area (Å²) in [6.45, 7) is 7.92. The van der Waals surface area contributed by atoms with Crippen molar-refractivity contribution in [3.05, 3.63) is 99.5 Å². The number of rotatable bonds is 5. The molecule has 0 amide bonds. The number of hydrogen-bond donors (Lipinski definition) is 0. The topological polar surface area (TPSA) is 69.9 Å². The molecule has 0 saturated heterocycles. The number of aromatic nitrogens is 4. The summed E-state index contributed by atoms with van der Waals surface area (Å²) in [5.74, 6) is 0.925. The lowest BCUT2D eigenvalue weighted by Crippen LogP contribution is -2.25. The minimum absolute atomic E-state index is 0.150. The maximum Gasteiger partial charge on any atom is 0.264 e. The molecule has 2 heterocycles. The summed E-state index contributed by atoms with van der Waals surface area (Å²) in [5, 5.41) is 0. The third kappa shape index (κ3) is 4.23. The van der Waals surface area contributed by atoms with E-state index in [2.05, 4.69) is 21.0 Å². The van der Waals surface area contributed by atoms with Crippen molar-refractivity contribution in [1.82, 2.24) is 19.5 Å². The zero-order valence-electron chi connectivity index (χ0n) is 18.1. The summed E-state index contributed by atoms with van der Waals surface area (Å²) >= 11 is 0. The predicted octanol–water partition coefficient (Wildman–Crippen LogP) is 4.50. The van der Waals surface area contributed by atoms with Gasteiger partial charge >= 0.3 is 0 Å². The molecule has 0 aliphatic carbocycles. The van der Waals surface area contributed by atoms with Crippen LogP contribution < -0.4 is 10.3 Å². The zero-order chi connectivity index (χ0) is 22.0. The van der Waals surface area contributed by atoms with Crippen molar-refractivity contribution in [2.75, 3.05) is 0 Å². The van der Waals surface area contributed by atoms with Crippen molar-refractivity contribution in [2.45, 2.75) is 34.3 Å². The highest BCUT2D eigenvalue weighted by atomic mass is 16.5. The third-order valence-electron chi connectivity index (χ3n) is 5.16. The number of nitrogens with zero attached hydrogens (tertiary/aromatic N) is 4. The summed E-state index contributed by atoms with van der Waals surface area (Å²) in [7, 11) is 0. The molecule has 0 radical (unpaired) electrons. The SMILES string of the molecule is Cc1cccc(COc2nc(C)n(-c3cccc(-c4ncncc4C)c3)c(=O)c2C)c1. The average Bonchev–Trinajstić information content (AvgIpc) is 2.76. The van der Waals surface area contributed by atoms with Gasteiger partial charge in [-0.1, -0.05) is 42.0 Å². The van der Waals surface area contributed by atoms with E-state index in [1.54, 1.807) is 17.7 Å². The number of benzene rings is 2. The van der Waals surface area contributed by atoms with Gasteiger partial charge in [0.2, 0.25) is 5.88 Å². The van der Waals surface area contributed by atoms with Crippen molar-refractivity contribution in [2.24, 2.45) is 0 Å². The second-order valence-corrected chi connectivity index (χ2v) is 7.61. The first-order valence-electron chi connectivity index (χ1n) is 10.1. The quantitative estimate of drug-likeness (QED) is 0.483. The van der Waals surface area contributed by atoms with Crippen LogP contribution >= 0.6 is 0 Å². The van der Waals surface area contributed by atoms with E-state index in [0.29, 0.717) is 23.9 Å². The molecular formula is C25H24N4O2. The van der Waals surface area contributed by atoms with E-state index >= 15 is 0 Å². The van der Waals surface area contributed by atoms with Crippen LogP contribution in [0.3, 0.4) is 0 Å². The van der Waals surface area contributed by atoms with E-state index in [1.807, 2.05) is 63.2 Å². The number of aryl methyl sites for hydroxylation is 3. The van der Waals surface area contributed by atoms with E-state index in [9.17, 15) is 4.79 Å². The predicted molar refractivity (Wildman–Crippen MR) is 121 cm³/mol. The first kappa shape index (κ1) is 20.5. The molecule has 0 spiro atoms. The summed E-state index contributed by atoms with van der Waals surface area (Å²) in [5.41, 5.74) is 5.99. The largest absolute Gasteiger partial charge is 0.472 e. The Morgan fingerprint density at radius 3 is 2.58 bits per heavy atom. The van der Waals surface area contributed by atoms with Gasteiger partial charge in [0.15, 0.2) is 0 Å². The van der Waals surface area contributed by atoms with Gasteiger partial charge in [-0.05, 0) is 51.0 Å². The smallest absolute Gasteiger partial charge is 0.264 e. The summed E-state index contributed by atoms with van der Waals surface area (Å²) in [4.78, 5) is 26.2. The highest BCUT2D eigenvalue weighted by Crippen LogP contribution is 2.23. The summed E-state index contributed by atoms with van der Waals surface area (Å²) in [6, 6.07) is 15.8. The average molecular weight is 412 g/mol. The monoisotopic (exact) mass is 412 g/mol. The third-order valence-corrected chi connectivity index (χ3v) is 5.16. The fourth-order valence-electron chi connectivity index (χ4n) is 3.58. The molecule has 4 aromatic rings. The molecule has 2 aromatic carbocycles. The Morgan fingerprint density at radius 1 is 1.00 bits per heavy atom. The molecule has 0 bridgehead atoms. The standard InChI is InChI=1S/C25H24N4O2/c1-16-7-5-8-20(11-16)14-31-24-18(3)25(30)29(19(4)28-24)22-10-6-9-21(12-22)23-17(2)13-26-15-27-23/h5-13,15H,14H2,1-4H3. The Balaban J connectivity index is 1.69. The van der Waals surface area contributed by atoms with Crippen molar-refractivity contribution in [3.8, 4) is 22.8 Å². The molecule has 0 aliphatic heterocycles. The fourth-order valence-corrected chi connectivity index (χ4v) is 3.58. The molecule has 0 N–H and O–H groups in total. The van der Waals surface area contributed by atoms with Crippen LogP contribution in [-0.4, -0.2) is 19.5 Å². The minimum atomic E-state index is -0.150. The van der Waals surface area contributed by atoms with Gasteiger partial charge in [-0.3, -0.25) is 9.36 Å². The molecule has 0 unspecified atom stereocenters. The van der Waals surface area contributed by atoms with E-state index in [4.69, 9.17) is 4.74 Å². The zero-order valence-corrected chi connectivity index (χ0v) is 18.1. The van der Waals surface area contributed by atoms with Gasteiger partial charge in [0, 0.05) is 11.8 Å². The van der Waals surface area contributed by atoms with Crippen LogP contribution in [0.4, 0.5) is 0 Å². The number of ether oxygens (including phenoxy) is 1. The lowest BCUT2D eigenvalue weighted by Gasteiger charge is -2.15. The molecule has 0 atom stereocenters. The Morgan fingerprint density at radius 2 is 1.81 bits per heavy atom. The molecule has 0 saturated carbocycles. The molecular weight excluding hydrogens is 388 g/mol.